The van der Waals surface area contributed by atoms with Gasteiger partial charge in [0.15, 0.2) is 0 Å². The molecule has 2 aromatic rings. The fourth-order valence-corrected chi connectivity index (χ4v) is 4.41. The van der Waals surface area contributed by atoms with E-state index in [-0.39, 0.29) is 0 Å². The first-order valence-corrected chi connectivity index (χ1v) is 8.44. The highest BCUT2D eigenvalue weighted by Gasteiger charge is 2.34. The molecule has 4 heteroatoms. The van der Waals surface area contributed by atoms with Crippen LogP contribution in [0.15, 0.2) is 42.9 Å². The lowest BCUT2D eigenvalue weighted by Gasteiger charge is -2.17. The van der Waals surface area contributed by atoms with E-state index in [0.29, 0.717) is 0 Å². The van der Waals surface area contributed by atoms with Crippen LogP contribution < -0.4 is 5.32 Å². The number of fused-ring (bicyclic) bond motifs is 2. The lowest BCUT2D eigenvalue weighted by atomic mass is 9.94. The summed E-state index contributed by atoms with van der Waals surface area (Å²) in [6.45, 7) is 2.00. The molecule has 0 radical (unpaired) electrons. The van der Waals surface area contributed by atoms with Crippen molar-refractivity contribution in [2.75, 3.05) is 6.54 Å². The first kappa shape index (κ1) is 13.2. The summed E-state index contributed by atoms with van der Waals surface area (Å²) in [4.78, 5) is 9.88. The molecule has 0 aromatic carbocycles. The molecule has 1 fully saturated rings. The van der Waals surface area contributed by atoms with Crippen molar-refractivity contribution in [2.45, 2.75) is 19.4 Å². The molecule has 0 amide bonds. The average molecular weight is 297 g/mol. The van der Waals surface area contributed by atoms with Crippen molar-refractivity contribution in [3.8, 4) is 10.4 Å². The summed E-state index contributed by atoms with van der Waals surface area (Å²) in [5, 5.41) is 4.75. The molecule has 0 saturated heterocycles. The van der Waals surface area contributed by atoms with Gasteiger partial charge in [-0.15, -0.1) is 11.3 Å². The number of hydrogen-bond acceptors (Lipinski definition) is 4. The molecule has 4 rings (SSSR count). The fraction of sp³-hybridized carbons (Fsp3) is 0.412. The van der Waals surface area contributed by atoms with Crippen LogP contribution in [0.5, 0.6) is 0 Å². The number of aromatic nitrogens is 2. The zero-order valence-electron chi connectivity index (χ0n) is 11.9. The van der Waals surface area contributed by atoms with Gasteiger partial charge in [0.05, 0.1) is 4.88 Å². The topological polar surface area (TPSA) is 37.8 Å². The number of hydrogen-bond donors (Lipinski definition) is 1. The highest BCUT2D eigenvalue weighted by atomic mass is 32.1. The molecule has 3 atom stereocenters. The minimum atomic E-state index is 0.824. The largest absolute Gasteiger partial charge is 0.310 e. The Morgan fingerprint density at radius 3 is 3.00 bits per heavy atom. The molecule has 21 heavy (non-hydrogen) atoms. The molecule has 2 bridgehead atoms. The normalized spacial score (nSPS) is 26.6. The van der Waals surface area contributed by atoms with Crippen LogP contribution in [0.1, 0.15) is 17.8 Å². The standard InChI is InChI=1S/C17H19N3S/c1-2-14(8-18-5-1)16-10-20-17(21-16)11-19-9-15-7-12-3-4-13(15)6-12/h1-5,8,10,12-13,15,19H,6-7,9,11H2. The number of thiazole rings is 1. The van der Waals surface area contributed by atoms with E-state index in [1.165, 1.54) is 17.7 Å². The lowest BCUT2D eigenvalue weighted by Crippen LogP contribution is -2.24. The number of pyridine rings is 1. The predicted octanol–water partition coefficient (Wildman–Crippen LogP) is 3.51. The van der Waals surface area contributed by atoms with Crippen molar-refractivity contribution in [2.24, 2.45) is 17.8 Å². The van der Waals surface area contributed by atoms with Crippen molar-refractivity contribution in [3.05, 3.63) is 47.9 Å². The molecule has 2 aliphatic rings. The van der Waals surface area contributed by atoms with Crippen molar-refractivity contribution >= 4 is 11.3 Å². The summed E-state index contributed by atoms with van der Waals surface area (Å²) in [6, 6.07) is 4.05. The maximum absolute atomic E-state index is 4.52. The first-order chi connectivity index (χ1) is 10.4. The quantitative estimate of drug-likeness (QED) is 0.858. The molecule has 3 nitrogen and oxygen atoms in total. The minimum Gasteiger partial charge on any atom is -0.310 e. The van der Waals surface area contributed by atoms with Crippen LogP contribution in [0, 0.1) is 17.8 Å². The van der Waals surface area contributed by atoms with E-state index in [0.717, 1.165) is 41.4 Å². The van der Waals surface area contributed by atoms with Gasteiger partial charge in [0.25, 0.3) is 0 Å². The predicted molar refractivity (Wildman–Crippen MR) is 85.9 cm³/mol. The highest BCUT2D eigenvalue weighted by Crippen LogP contribution is 2.42. The van der Waals surface area contributed by atoms with Crippen molar-refractivity contribution < 1.29 is 0 Å². The zero-order valence-corrected chi connectivity index (χ0v) is 12.7. The Balaban J connectivity index is 1.32. The summed E-state index contributed by atoms with van der Waals surface area (Å²) < 4.78 is 0. The Kier molecular flexibility index (Phi) is 3.57. The third-order valence-electron chi connectivity index (χ3n) is 4.60. The van der Waals surface area contributed by atoms with Gasteiger partial charge >= 0.3 is 0 Å². The van der Waals surface area contributed by atoms with Crippen molar-refractivity contribution in [1.29, 1.82) is 0 Å². The van der Waals surface area contributed by atoms with E-state index in [9.17, 15) is 0 Å². The molecule has 1 saturated carbocycles. The maximum atomic E-state index is 4.52. The van der Waals surface area contributed by atoms with E-state index in [1.807, 2.05) is 18.5 Å². The summed E-state index contributed by atoms with van der Waals surface area (Å²) in [7, 11) is 0. The van der Waals surface area contributed by atoms with Crippen LogP contribution in [0.2, 0.25) is 0 Å². The molecule has 2 aromatic heterocycles. The summed E-state index contributed by atoms with van der Waals surface area (Å²) in [5.41, 5.74) is 1.15. The Morgan fingerprint density at radius 2 is 2.24 bits per heavy atom. The van der Waals surface area contributed by atoms with E-state index in [2.05, 4.69) is 33.5 Å². The van der Waals surface area contributed by atoms with Gasteiger partial charge in [-0.3, -0.25) is 4.98 Å². The van der Waals surface area contributed by atoms with Gasteiger partial charge in [-0.25, -0.2) is 4.98 Å². The summed E-state index contributed by atoms with van der Waals surface area (Å²) >= 11 is 1.76. The number of nitrogens with one attached hydrogen (secondary N) is 1. The molecule has 108 valence electrons. The third-order valence-corrected chi connectivity index (χ3v) is 5.65. The third kappa shape index (κ3) is 2.78. The van der Waals surface area contributed by atoms with Gasteiger partial charge in [-0.2, -0.15) is 0 Å². The van der Waals surface area contributed by atoms with Gasteiger partial charge in [-0.05, 0) is 43.2 Å². The van der Waals surface area contributed by atoms with Gasteiger partial charge < -0.3 is 5.32 Å². The van der Waals surface area contributed by atoms with Gasteiger partial charge in [0, 0.05) is 30.7 Å². The summed E-state index contributed by atoms with van der Waals surface area (Å²) in [5.74, 6) is 2.52. The van der Waals surface area contributed by atoms with Crippen LogP contribution in [0.4, 0.5) is 0 Å². The molecule has 2 heterocycles. The molecule has 0 aliphatic heterocycles. The fourth-order valence-electron chi connectivity index (χ4n) is 3.53. The lowest BCUT2D eigenvalue weighted by molar-refractivity contribution is 0.414. The van der Waals surface area contributed by atoms with Crippen LogP contribution in [0.25, 0.3) is 10.4 Å². The van der Waals surface area contributed by atoms with Crippen LogP contribution >= 0.6 is 11.3 Å². The van der Waals surface area contributed by atoms with Gasteiger partial charge in [-0.1, -0.05) is 18.2 Å². The van der Waals surface area contributed by atoms with E-state index >= 15 is 0 Å². The molecule has 1 N–H and O–H groups in total. The Labute approximate surface area is 129 Å². The number of nitrogens with zero attached hydrogens (tertiary/aromatic N) is 2. The maximum Gasteiger partial charge on any atom is 0.107 e. The van der Waals surface area contributed by atoms with Crippen molar-refractivity contribution in [3.63, 3.8) is 0 Å². The van der Waals surface area contributed by atoms with Crippen LogP contribution in [-0.2, 0) is 6.54 Å². The second-order valence-corrected chi connectivity index (χ2v) is 7.15. The number of rotatable bonds is 5. The van der Waals surface area contributed by atoms with E-state index in [4.69, 9.17) is 0 Å². The molecule has 0 spiro atoms. The van der Waals surface area contributed by atoms with E-state index in [1.54, 1.807) is 17.5 Å². The first-order valence-electron chi connectivity index (χ1n) is 7.62. The SMILES string of the molecule is C1=CC2CC1CC2CNCc1ncc(-c2cccnc2)s1. The van der Waals surface area contributed by atoms with Crippen LogP contribution in [-0.4, -0.2) is 16.5 Å². The molecular weight excluding hydrogens is 278 g/mol. The zero-order chi connectivity index (χ0) is 14.1. The Bertz CT molecular complexity index is 634. The second-order valence-electron chi connectivity index (χ2n) is 6.03. The average Bonchev–Trinajstić information content (AvgIpc) is 3.24. The van der Waals surface area contributed by atoms with Gasteiger partial charge in [0.1, 0.15) is 5.01 Å². The molecule has 2 aliphatic carbocycles. The second kappa shape index (κ2) is 5.70. The molecular formula is C17H19N3S. The monoisotopic (exact) mass is 297 g/mol. The summed E-state index contributed by atoms with van der Waals surface area (Å²) in [6.07, 6.45) is 13.2. The van der Waals surface area contributed by atoms with E-state index < -0.39 is 0 Å². The van der Waals surface area contributed by atoms with Crippen LogP contribution in [0.3, 0.4) is 0 Å². The van der Waals surface area contributed by atoms with Crippen molar-refractivity contribution in [1.82, 2.24) is 15.3 Å². The van der Waals surface area contributed by atoms with Gasteiger partial charge in [0.2, 0.25) is 0 Å². The Morgan fingerprint density at radius 1 is 1.24 bits per heavy atom. The smallest absolute Gasteiger partial charge is 0.107 e. The minimum absolute atomic E-state index is 0.824. The highest BCUT2D eigenvalue weighted by molar-refractivity contribution is 7.15. The Hall–Kier alpha value is -1.52. The molecule has 3 unspecified atom stereocenters. The number of allylic oxidation sites excluding steroid dienone is 2.